The van der Waals surface area contributed by atoms with Crippen LogP contribution in [0.15, 0.2) is 39.7 Å². The Morgan fingerprint density at radius 2 is 2.10 bits per heavy atom. The van der Waals surface area contributed by atoms with Gasteiger partial charge in [0.25, 0.3) is 5.89 Å². The number of carbonyl (C=O) groups excluding carboxylic acids is 1. The van der Waals surface area contributed by atoms with Gasteiger partial charge >= 0.3 is 6.09 Å². The molecule has 4 heterocycles. The summed E-state index contributed by atoms with van der Waals surface area (Å²) >= 11 is 0. The molecule has 1 amide bonds. The fraction of sp³-hybridized carbons (Fsp3) is 0.421. The molecule has 10 nitrogen and oxygen atoms in total. The average Bonchev–Trinajstić information content (AvgIpc) is 3.41. The third-order valence-corrected chi connectivity index (χ3v) is 4.14. The topological polar surface area (TPSA) is 117 Å². The first-order valence-electron chi connectivity index (χ1n) is 9.23. The first-order chi connectivity index (χ1) is 13.9. The molecular formula is C19H21N5O5. The number of aromatic nitrogens is 4. The van der Waals surface area contributed by atoms with E-state index in [2.05, 4.69) is 20.3 Å². The van der Waals surface area contributed by atoms with E-state index in [-0.39, 0.29) is 18.1 Å². The van der Waals surface area contributed by atoms with Gasteiger partial charge < -0.3 is 23.4 Å². The molecule has 1 saturated heterocycles. The predicted octanol–water partition coefficient (Wildman–Crippen LogP) is 3.17. The number of pyridine rings is 1. The lowest BCUT2D eigenvalue weighted by atomic mass is 10.2. The molecule has 0 spiro atoms. The smallest absolute Gasteiger partial charge is 0.410 e. The molecule has 29 heavy (non-hydrogen) atoms. The number of carbonyl (C=O) groups is 1. The SMILES string of the molecule is CC(C)(C)OC(=O)N1CCC(Oc2ccnc(-c3noc(-c4ccon4)n3)c2)C1. The van der Waals surface area contributed by atoms with Gasteiger partial charge in [0, 0.05) is 31.3 Å². The van der Waals surface area contributed by atoms with Crippen LogP contribution >= 0.6 is 0 Å². The molecule has 0 radical (unpaired) electrons. The molecular weight excluding hydrogens is 378 g/mol. The minimum atomic E-state index is -0.522. The highest BCUT2D eigenvalue weighted by atomic mass is 16.6. The van der Waals surface area contributed by atoms with Crippen molar-refractivity contribution in [2.24, 2.45) is 0 Å². The van der Waals surface area contributed by atoms with Gasteiger partial charge in [-0.25, -0.2) is 4.79 Å². The summed E-state index contributed by atoms with van der Waals surface area (Å²) in [5.74, 6) is 1.17. The van der Waals surface area contributed by atoms with Crippen LogP contribution in [-0.2, 0) is 4.74 Å². The second kappa shape index (κ2) is 7.53. The molecule has 1 aliphatic rings. The number of ether oxygens (including phenoxy) is 2. The van der Waals surface area contributed by atoms with Crippen LogP contribution in [0.5, 0.6) is 5.75 Å². The largest absolute Gasteiger partial charge is 0.488 e. The van der Waals surface area contributed by atoms with Gasteiger partial charge in [-0.3, -0.25) is 4.98 Å². The maximum atomic E-state index is 12.2. The lowest BCUT2D eigenvalue weighted by Gasteiger charge is -2.24. The molecule has 10 heteroatoms. The highest BCUT2D eigenvalue weighted by Gasteiger charge is 2.31. The molecule has 0 N–H and O–H groups in total. The Kier molecular flexibility index (Phi) is 4.91. The molecule has 1 atom stereocenters. The van der Waals surface area contributed by atoms with Crippen molar-refractivity contribution in [2.45, 2.75) is 38.9 Å². The second-order valence-electron chi connectivity index (χ2n) is 7.64. The maximum Gasteiger partial charge on any atom is 0.410 e. The fourth-order valence-electron chi connectivity index (χ4n) is 2.87. The van der Waals surface area contributed by atoms with E-state index in [9.17, 15) is 4.79 Å². The molecule has 1 aliphatic heterocycles. The maximum absolute atomic E-state index is 12.2. The number of hydrogen-bond donors (Lipinski definition) is 0. The van der Waals surface area contributed by atoms with E-state index in [1.807, 2.05) is 20.8 Å². The van der Waals surface area contributed by atoms with E-state index in [4.69, 9.17) is 18.5 Å². The quantitative estimate of drug-likeness (QED) is 0.652. The molecule has 0 saturated carbocycles. The Morgan fingerprint density at radius 1 is 1.24 bits per heavy atom. The van der Waals surface area contributed by atoms with Crippen LogP contribution in [0.2, 0.25) is 0 Å². The number of hydrogen-bond acceptors (Lipinski definition) is 9. The van der Waals surface area contributed by atoms with Crippen LogP contribution in [0.3, 0.4) is 0 Å². The number of rotatable bonds is 4. The van der Waals surface area contributed by atoms with Crippen LogP contribution in [0, 0.1) is 0 Å². The van der Waals surface area contributed by atoms with Crippen molar-refractivity contribution in [2.75, 3.05) is 13.1 Å². The van der Waals surface area contributed by atoms with Gasteiger partial charge in [-0.2, -0.15) is 4.98 Å². The van der Waals surface area contributed by atoms with E-state index in [0.29, 0.717) is 36.1 Å². The van der Waals surface area contributed by atoms with Crippen LogP contribution in [-0.4, -0.2) is 56.1 Å². The van der Waals surface area contributed by atoms with Gasteiger partial charge in [0.05, 0.1) is 6.54 Å². The highest BCUT2D eigenvalue weighted by Crippen LogP contribution is 2.25. The van der Waals surface area contributed by atoms with Crippen molar-refractivity contribution in [1.82, 2.24) is 25.2 Å². The third-order valence-electron chi connectivity index (χ3n) is 4.14. The van der Waals surface area contributed by atoms with Crippen molar-refractivity contribution in [3.8, 4) is 28.9 Å². The zero-order chi connectivity index (χ0) is 20.4. The van der Waals surface area contributed by atoms with E-state index in [0.717, 1.165) is 6.42 Å². The van der Waals surface area contributed by atoms with E-state index in [1.54, 1.807) is 29.3 Å². The van der Waals surface area contributed by atoms with Crippen LogP contribution in [0.1, 0.15) is 27.2 Å². The molecule has 0 aliphatic carbocycles. The molecule has 1 unspecified atom stereocenters. The van der Waals surface area contributed by atoms with Crippen molar-refractivity contribution < 1.29 is 23.3 Å². The Morgan fingerprint density at radius 3 is 2.86 bits per heavy atom. The van der Waals surface area contributed by atoms with Crippen molar-refractivity contribution in [3.05, 3.63) is 30.7 Å². The Bertz CT molecular complexity index is 979. The molecule has 1 fully saturated rings. The van der Waals surface area contributed by atoms with Gasteiger partial charge in [-0.1, -0.05) is 10.3 Å². The summed E-state index contributed by atoms with van der Waals surface area (Å²) in [6, 6.07) is 5.10. The van der Waals surface area contributed by atoms with Crippen molar-refractivity contribution in [1.29, 1.82) is 0 Å². The number of amides is 1. The Labute approximate surface area is 166 Å². The van der Waals surface area contributed by atoms with E-state index < -0.39 is 5.60 Å². The summed E-state index contributed by atoms with van der Waals surface area (Å²) in [5, 5.41) is 7.69. The zero-order valence-electron chi connectivity index (χ0n) is 16.4. The van der Waals surface area contributed by atoms with Gasteiger partial charge in [0.1, 0.15) is 29.4 Å². The number of nitrogens with zero attached hydrogens (tertiary/aromatic N) is 5. The Balaban J connectivity index is 1.40. The van der Waals surface area contributed by atoms with Crippen LogP contribution in [0.25, 0.3) is 23.1 Å². The summed E-state index contributed by atoms with van der Waals surface area (Å²) in [6.45, 7) is 6.59. The summed E-state index contributed by atoms with van der Waals surface area (Å²) in [4.78, 5) is 22.4. The van der Waals surface area contributed by atoms with E-state index >= 15 is 0 Å². The van der Waals surface area contributed by atoms with Gasteiger partial charge in [0.2, 0.25) is 5.82 Å². The fourth-order valence-corrected chi connectivity index (χ4v) is 2.87. The normalized spacial score (nSPS) is 16.8. The predicted molar refractivity (Wildman–Crippen MR) is 99.9 cm³/mol. The summed E-state index contributed by atoms with van der Waals surface area (Å²) in [6.07, 6.45) is 3.29. The van der Waals surface area contributed by atoms with Gasteiger partial charge in [0.15, 0.2) is 5.69 Å². The minimum absolute atomic E-state index is 0.131. The summed E-state index contributed by atoms with van der Waals surface area (Å²) < 4.78 is 21.4. The Hall–Kier alpha value is -3.43. The van der Waals surface area contributed by atoms with E-state index in [1.165, 1.54) is 6.26 Å². The molecule has 3 aromatic rings. The highest BCUT2D eigenvalue weighted by molar-refractivity contribution is 5.68. The van der Waals surface area contributed by atoms with Crippen LogP contribution in [0.4, 0.5) is 4.79 Å². The first kappa shape index (κ1) is 18.9. The molecule has 0 bridgehead atoms. The molecule has 0 aromatic carbocycles. The summed E-state index contributed by atoms with van der Waals surface area (Å²) in [7, 11) is 0. The van der Waals surface area contributed by atoms with Gasteiger partial charge in [-0.05, 0) is 26.8 Å². The number of likely N-dealkylation sites (tertiary alicyclic amines) is 1. The third kappa shape index (κ3) is 4.53. The first-order valence-corrected chi connectivity index (χ1v) is 9.23. The lowest BCUT2D eigenvalue weighted by molar-refractivity contribution is 0.0275. The van der Waals surface area contributed by atoms with Gasteiger partial charge in [-0.15, -0.1) is 0 Å². The lowest BCUT2D eigenvalue weighted by Crippen LogP contribution is -2.36. The van der Waals surface area contributed by atoms with Crippen LogP contribution < -0.4 is 4.74 Å². The second-order valence-corrected chi connectivity index (χ2v) is 7.64. The van der Waals surface area contributed by atoms with Crippen molar-refractivity contribution in [3.63, 3.8) is 0 Å². The molecule has 4 rings (SSSR count). The average molecular weight is 399 g/mol. The minimum Gasteiger partial charge on any atom is -0.488 e. The summed E-state index contributed by atoms with van der Waals surface area (Å²) in [5.41, 5.74) is 0.429. The molecule has 3 aromatic heterocycles. The van der Waals surface area contributed by atoms with Crippen molar-refractivity contribution >= 4 is 6.09 Å². The monoisotopic (exact) mass is 399 g/mol. The molecule has 152 valence electrons. The zero-order valence-corrected chi connectivity index (χ0v) is 16.4. The standard InChI is InChI=1S/C19H21N5O5/c1-19(2,3)28-18(25)24-8-5-13(11-24)27-12-4-7-20-15(10-12)16-21-17(29-23-16)14-6-9-26-22-14/h4,6-7,9-10,13H,5,8,11H2,1-3H3.